The van der Waals surface area contributed by atoms with Crippen LogP contribution < -0.4 is 8.79 Å². The van der Waals surface area contributed by atoms with E-state index < -0.39 is 62.7 Å². The minimum atomic E-state index is -3.32. The van der Waals surface area contributed by atoms with Crippen molar-refractivity contribution in [3.05, 3.63) is 57.6 Å². The van der Waals surface area contributed by atoms with Crippen LogP contribution in [0.4, 0.5) is 0 Å². The van der Waals surface area contributed by atoms with E-state index in [2.05, 4.69) is 184 Å². The van der Waals surface area contributed by atoms with Crippen LogP contribution in [-0.4, -0.2) is 62.7 Å². The molecule has 0 aliphatic carbocycles. The van der Waals surface area contributed by atoms with Gasteiger partial charge in [0.1, 0.15) is 0 Å². The van der Waals surface area contributed by atoms with Crippen LogP contribution in [0, 0.1) is 0 Å². The summed E-state index contributed by atoms with van der Waals surface area (Å²) in [6, 6.07) is 10.4. The van der Waals surface area contributed by atoms with E-state index in [1.807, 2.05) is 0 Å². The molecule has 0 unspecified atom stereocenters. The molecule has 0 saturated heterocycles. The first-order valence-electron chi connectivity index (χ1n) is 19.9. The molecule has 0 saturated carbocycles. The number of benzene rings is 2. The third-order valence-electron chi connectivity index (χ3n) is 11.0. The van der Waals surface area contributed by atoms with Crippen LogP contribution in [0.25, 0.3) is 0 Å². The molecule has 0 N–H and O–H groups in total. The topological polar surface area (TPSA) is 17.1 Å². The Labute approximate surface area is 323 Å². The fraction of sp³-hybridized carbons (Fsp3) is 0.714. The number of rotatable bonds is 14. The van der Waals surface area contributed by atoms with Gasteiger partial charge in [0, 0.05) is 0 Å². The maximum absolute atomic E-state index is 16.5. The van der Waals surface area contributed by atoms with Gasteiger partial charge in [0.15, 0.2) is 0 Å². The second-order valence-corrected chi connectivity index (χ2v) is 60.5. The molecular formula is C42H82GeOSi6. The minimum absolute atomic E-state index is 0.335. The van der Waals surface area contributed by atoms with Crippen molar-refractivity contribution in [2.75, 3.05) is 0 Å². The summed E-state index contributed by atoms with van der Waals surface area (Å²) in [5.41, 5.74) is 8.91. The fourth-order valence-electron chi connectivity index (χ4n) is 10.7. The predicted molar refractivity (Wildman–Crippen MR) is 249 cm³/mol. The van der Waals surface area contributed by atoms with Gasteiger partial charge < -0.3 is 0 Å². The molecule has 0 fully saturated rings. The van der Waals surface area contributed by atoms with Gasteiger partial charge in [-0.15, -0.1) is 0 Å². The third-order valence-corrected chi connectivity index (χ3v) is 43.2. The molecule has 0 aromatic heterocycles. The third kappa shape index (κ3) is 10.6. The van der Waals surface area contributed by atoms with Crippen molar-refractivity contribution in [2.24, 2.45) is 0 Å². The van der Waals surface area contributed by atoms with Crippen LogP contribution in [0.3, 0.4) is 0 Å². The molecule has 8 heteroatoms. The van der Waals surface area contributed by atoms with E-state index in [-0.39, 0.29) is 0 Å². The predicted octanol–water partition coefficient (Wildman–Crippen LogP) is 13.1. The van der Waals surface area contributed by atoms with Gasteiger partial charge in [-0.3, -0.25) is 0 Å². The van der Waals surface area contributed by atoms with E-state index in [0.717, 1.165) is 0 Å². The van der Waals surface area contributed by atoms with Gasteiger partial charge in [-0.25, -0.2) is 0 Å². The van der Waals surface area contributed by atoms with E-state index >= 15 is 3.78 Å². The van der Waals surface area contributed by atoms with Crippen LogP contribution in [0.15, 0.2) is 24.3 Å². The van der Waals surface area contributed by atoms with E-state index in [0.29, 0.717) is 33.2 Å². The van der Waals surface area contributed by atoms with E-state index in [1.165, 1.54) is 25.5 Å². The Balaban J connectivity index is 3.59. The monoisotopic (exact) mass is 844 g/mol. The molecule has 0 heterocycles. The van der Waals surface area contributed by atoms with Gasteiger partial charge in [0.05, 0.1) is 0 Å². The van der Waals surface area contributed by atoms with Crippen molar-refractivity contribution in [1.29, 1.82) is 0 Å². The molecule has 1 nitrogen and oxygen atoms in total. The molecule has 0 radical (unpaired) electrons. The molecule has 0 amide bonds. The molecule has 2 aromatic carbocycles. The average molecular weight is 844 g/mol. The van der Waals surface area contributed by atoms with E-state index in [1.54, 1.807) is 16.7 Å². The summed E-state index contributed by atoms with van der Waals surface area (Å²) in [4.78, 5) is 0. The summed E-state index contributed by atoms with van der Waals surface area (Å²) in [6.45, 7) is 61.2. The van der Waals surface area contributed by atoms with Crippen LogP contribution in [0.1, 0.15) is 108 Å². The van der Waals surface area contributed by atoms with Gasteiger partial charge in [0.2, 0.25) is 0 Å². The Morgan fingerprint density at radius 2 is 0.600 bits per heavy atom. The Morgan fingerprint density at radius 1 is 0.360 bits per heavy atom. The van der Waals surface area contributed by atoms with Gasteiger partial charge in [-0.2, -0.15) is 0 Å². The zero-order chi connectivity index (χ0) is 39.5. The zero-order valence-corrected chi connectivity index (χ0v) is 45.8. The molecule has 0 spiro atoms. The molecule has 2 rings (SSSR count). The van der Waals surface area contributed by atoms with Crippen molar-refractivity contribution >= 4 is 71.5 Å². The SMILES string of the molecule is CC(C)c1cc(C(C)C)[c]([Ge](=[O])[c]2c(C([Si](C)(C)C)[Si](C)(C)C)cc(C([Si](C)(C)C)[Si](C)(C)C)cc2C([Si](C)(C)C)[Si](C)(C)C)c(C(C)C)c1. The summed E-state index contributed by atoms with van der Waals surface area (Å²) >= 11 is -3.32. The molecular weight excluding hydrogens is 762 g/mol. The molecule has 0 aliphatic rings. The molecule has 284 valence electrons. The van der Waals surface area contributed by atoms with E-state index in [9.17, 15) is 0 Å². The normalized spacial score (nSPS) is 14.4. The summed E-state index contributed by atoms with van der Waals surface area (Å²) in [5.74, 6) is 1.12. The molecule has 0 atom stereocenters. The first-order valence-corrected chi connectivity index (χ1v) is 44.4. The zero-order valence-electron chi connectivity index (χ0n) is 37.7. The van der Waals surface area contributed by atoms with Crippen LogP contribution in [0.5, 0.6) is 0 Å². The quantitative estimate of drug-likeness (QED) is 0.173. The second-order valence-electron chi connectivity index (χ2n) is 23.4. The molecule has 0 aliphatic heterocycles. The van der Waals surface area contributed by atoms with Gasteiger partial charge in [-0.1, -0.05) is 0 Å². The Kier molecular flexibility index (Phi) is 14.5. The fourth-order valence-corrected chi connectivity index (χ4v) is 55.2. The van der Waals surface area contributed by atoms with Crippen molar-refractivity contribution < 1.29 is 3.78 Å². The number of hydrogen-bond acceptors (Lipinski definition) is 1. The second kappa shape index (κ2) is 15.7. The summed E-state index contributed by atoms with van der Waals surface area (Å²) < 4.78 is 19.2. The molecule has 0 bridgehead atoms. The molecule has 2 aromatic rings. The van der Waals surface area contributed by atoms with E-state index in [4.69, 9.17) is 0 Å². The van der Waals surface area contributed by atoms with Crippen LogP contribution >= 0.6 is 0 Å². The number of hydrogen-bond donors (Lipinski definition) is 0. The van der Waals surface area contributed by atoms with Crippen molar-refractivity contribution in [2.45, 2.75) is 193 Å². The maximum atomic E-state index is 16.5. The van der Waals surface area contributed by atoms with Crippen LogP contribution in [0.2, 0.25) is 118 Å². The average Bonchev–Trinajstić information content (AvgIpc) is 2.82. The van der Waals surface area contributed by atoms with Crippen molar-refractivity contribution in [3.8, 4) is 0 Å². The van der Waals surface area contributed by atoms with Crippen molar-refractivity contribution in [3.63, 3.8) is 0 Å². The van der Waals surface area contributed by atoms with Gasteiger partial charge >= 0.3 is 326 Å². The Bertz CT molecular complexity index is 1390. The van der Waals surface area contributed by atoms with Crippen LogP contribution in [-0.2, 0) is 3.78 Å². The Hall–Kier alpha value is 0.0842. The van der Waals surface area contributed by atoms with Crippen molar-refractivity contribution in [1.82, 2.24) is 0 Å². The summed E-state index contributed by atoms with van der Waals surface area (Å²) in [7, 11) is -10.1. The van der Waals surface area contributed by atoms with Gasteiger partial charge in [-0.05, 0) is 0 Å². The first-order chi connectivity index (χ1) is 22.0. The summed E-state index contributed by atoms with van der Waals surface area (Å²) in [6.07, 6.45) is 0. The Morgan fingerprint density at radius 3 is 0.820 bits per heavy atom. The molecule has 50 heavy (non-hydrogen) atoms. The standard InChI is InChI=1S/C42H82GeOSi6/c1-29(2)32-25-34(30(3)4)38(35(26-32)31(5)6)43(44)39-36(41(47(13,14)15)48(16,17)18)27-33(40(45(7,8)9)46(10,11)12)28-37(39)42(49(19,20)21)50(22,23)24/h25-31,40-42H,1-24H3. The first kappa shape index (κ1) is 46.2. The van der Waals surface area contributed by atoms with Gasteiger partial charge in [0.25, 0.3) is 0 Å². The summed E-state index contributed by atoms with van der Waals surface area (Å²) in [5, 5.41) is 1.76.